The molecule has 0 aliphatic carbocycles. The van der Waals surface area contributed by atoms with Gasteiger partial charge in [0.1, 0.15) is 0 Å². The van der Waals surface area contributed by atoms with E-state index in [9.17, 15) is 4.79 Å². The monoisotopic (exact) mass is 271 g/mol. The Morgan fingerprint density at radius 2 is 1.85 bits per heavy atom. The number of benzene rings is 1. The van der Waals surface area contributed by atoms with Crippen molar-refractivity contribution in [3.05, 3.63) is 54.4 Å². The maximum absolute atomic E-state index is 12.2. The first-order chi connectivity index (χ1) is 9.81. The zero-order chi connectivity index (χ0) is 14.2. The smallest absolute Gasteiger partial charge is 0.253 e. The van der Waals surface area contributed by atoms with Crippen LogP contribution in [0.4, 0.5) is 5.69 Å². The van der Waals surface area contributed by atoms with Crippen molar-refractivity contribution in [1.29, 1.82) is 0 Å². The van der Waals surface area contributed by atoms with Crippen LogP contribution in [0.25, 0.3) is 0 Å². The Morgan fingerprint density at radius 1 is 1.10 bits per heavy atom. The van der Waals surface area contributed by atoms with Crippen LogP contribution in [0.3, 0.4) is 0 Å². The van der Waals surface area contributed by atoms with Gasteiger partial charge in [-0.25, -0.2) is 0 Å². The molecule has 0 aliphatic heterocycles. The topological polar surface area (TPSA) is 46.1 Å². The van der Waals surface area contributed by atoms with Crippen molar-refractivity contribution >= 4 is 11.6 Å². The molecule has 2 aromatic rings. The van der Waals surface area contributed by atoms with E-state index in [-0.39, 0.29) is 5.91 Å². The Bertz CT molecular complexity index is 534. The van der Waals surface area contributed by atoms with E-state index < -0.39 is 0 Å². The molecule has 4 heteroatoms. The molecule has 1 amide bonds. The second kappa shape index (κ2) is 7.38. The molecule has 2 N–H and O–H groups in total. The number of para-hydroxylation sites is 1. The van der Waals surface area contributed by atoms with Gasteiger partial charge in [-0.3, -0.25) is 4.79 Å². The summed E-state index contributed by atoms with van der Waals surface area (Å²) in [5, 5.41) is 6.24. The van der Waals surface area contributed by atoms with Gasteiger partial charge in [0.05, 0.1) is 5.56 Å². The third-order valence-electron chi connectivity index (χ3n) is 3.06. The molecule has 0 saturated carbocycles. The van der Waals surface area contributed by atoms with Crippen LogP contribution >= 0.6 is 0 Å². The summed E-state index contributed by atoms with van der Waals surface area (Å²) in [7, 11) is 0. The number of rotatable bonds is 7. The van der Waals surface area contributed by atoms with Crippen LogP contribution in [-0.4, -0.2) is 23.6 Å². The van der Waals surface area contributed by atoms with E-state index in [0.717, 1.165) is 25.2 Å². The van der Waals surface area contributed by atoms with E-state index in [1.807, 2.05) is 53.4 Å². The zero-order valence-electron chi connectivity index (χ0n) is 11.8. The van der Waals surface area contributed by atoms with Gasteiger partial charge in [0, 0.05) is 37.7 Å². The van der Waals surface area contributed by atoms with Gasteiger partial charge < -0.3 is 15.2 Å². The van der Waals surface area contributed by atoms with Crippen LogP contribution in [0, 0.1) is 0 Å². The number of nitrogens with zero attached hydrogens (tertiary/aromatic N) is 1. The lowest BCUT2D eigenvalue weighted by molar-refractivity contribution is 0.0953. The predicted molar refractivity (Wildman–Crippen MR) is 82.0 cm³/mol. The number of hydrogen-bond donors (Lipinski definition) is 2. The molecule has 20 heavy (non-hydrogen) atoms. The number of amides is 1. The number of nitrogens with one attached hydrogen (secondary N) is 2. The number of anilines is 1. The molecule has 1 aromatic heterocycles. The highest BCUT2D eigenvalue weighted by atomic mass is 16.1. The quantitative estimate of drug-likeness (QED) is 0.813. The van der Waals surface area contributed by atoms with Crippen molar-refractivity contribution in [2.24, 2.45) is 0 Å². The minimum atomic E-state index is -0.0311. The Labute approximate surface area is 119 Å². The maximum Gasteiger partial charge on any atom is 0.253 e. The molecule has 1 aromatic carbocycles. The van der Waals surface area contributed by atoms with E-state index >= 15 is 0 Å². The average molecular weight is 271 g/mol. The average Bonchev–Trinajstić information content (AvgIpc) is 2.98. The lowest BCUT2D eigenvalue weighted by Crippen LogP contribution is -2.27. The number of hydrogen-bond acceptors (Lipinski definition) is 2. The molecular weight excluding hydrogens is 250 g/mol. The SMILES string of the molecule is CCCNc1ccccc1C(=O)NCCn1cccc1. The first-order valence-electron chi connectivity index (χ1n) is 7.03. The van der Waals surface area contributed by atoms with Gasteiger partial charge in [0.2, 0.25) is 0 Å². The van der Waals surface area contributed by atoms with Gasteiger partial charge in [0.25, 0.3) is 5.91 Å². The minimum Gasteiger partial charge on any atom is -0.384 e. The van der Waals surface area contributed by atoms with Crippen LogP contribution in [-0.2, 0) is 6.54 Å². The van der Waals surface area contributed by atoms with Crippen molar-refractivity contribution in [2.75, 3.05) is 18.4 Å². The molecule has 1 heterocycles. The Balaban J connectivity index is 1.91. The second-order valence-corrected chi connectivity index (χ2v) is 4.65. The van der Waals surface area contributed by atoms with Crippen molar-refractivity contribution in [1.82, 2.24) is 9.88 Å². The number of carbonyl (C=O) groups excluding carboxylic acids is 1. The summed E-state index contributed by atoms with van der Waals surface area (Å²) < 4.78 is 2.04. The van der Waals surface area contributed by atoms with Crippen LogP contribution < -0.4 is 10.6 Å². The van der Waals surface area contributed by atoms with Gasteiger partial charge in [0.15, 0.2) is 0 Å². The first kappa shape index (κ1) is 14.2. The molecule has 0 spiro atoms. The highest BCUT2D eigenvalue weighted by molar-refractivity contribution is 5.99. The third kappa shape index (κ3) is 3.88. The van der Waals surface area contributed by atoms with Gasteiger partial charge in [-0.15, -0.1) is 0 Å². The largest absolute Gasteiger partial charge is 0.384 e. The standard InChI is InChI=1S/C16H21N3O/c1-2-9-17-15-8-4-3-7-14(15)16(20)18-10-13-19-11-5-6-12-19/h3-8,11-12,17H,2,9-10,13H2,1H3,(H,18,20). The lowest BCUT2D eigenvalue weighted by Gasteiger charge is -2.11. The van der Waals surface area contributed by atoms with E-state index in [1.54, 1.807) is 0 Å². The molecule has 4 nitrogen and oxygen atoms in total. The van der Waals surface area contributed by atoms with E-state index in [4.69, 9.17) is 0 Å². The molecule has 0 bridgehead atoms. The Morgan fingerprint density at radius 3 is 2.60 bits per heavy atom. The predicted octanol–water partition coefficient (Wildman–Crippen LogP) is 2.74. The highest BCUT2D eigenvalue weighted by Crippen LogP contribution is 2.14. The summed E-state index contributed by atoms with van der Waals surface area (Å²) in [4.78, 5) is 12.2. The summed E-state index contributed by atoms with van der Waals surface area (Å²) >= 11 is 0. The van der Waals surface area contributed by atoms with Gasteiger partial charge in [-0.05, 0) is 30.7 Å². The molecule has 106 valence electrons. The Hall–Kier alpha value is -2.23. The summed E-state index contributed by atoms with van der Waals surface area (Å²) in [6.45, 7) is 4.37. The van der Waals surface area contributed by atoms with Crippen LogP contribution in [0.5, 0.6) is 0 Å². The molecule has 0 radical (unpaired) electrons. The van der Waals surface area contributed by atoms with E-state index in [0.29, 0.717) is 12.1 Å². The fraction of sp³-hybridized carbons (Fsp3) is 0.312. The number of aromatic nitrogens is 1. The van der Waals surface area contributed by atoms with Crippen LogP contribution in [0.1, 0.15) is 23.7 Å². The van der Waals surface area contributed by atoms with Gasteiger partial charge >= 0.3 is 0 Å². The first-order valence-corrected chi connectivity index (χ1v) is 7.03. The highest BCUT2D eigenvalue weighted by Gasteiger charge is 2.09. The van der Waals surface area contributed by atoms with Crippen molar-refractivity contribution in [3.63, 3.8) is 0 Å². The normalized spacial score (nSPS) is 10.2. The summed E-state index contributed by atoms with van der Waals surface area (Å²) in [6.07, 6.45) is 5.01. The third-order valence-corrected chi connectivity index (χ3v) is 3.06. The van der Waals surface area contributed by atoms with Crippen molar-refractivity contribution in [2.45, 2.75) is 19.9 Å². The van der Waals surface area contributed by atoms with Crippen LogP contribution in [0.15, 0.2) is 48.8 Å². The molecule has 0 atom stereocenters. The summed E-state index contributed by atoms with van der Waals surface area (Å²) in [5.74, 6) is -0.0311. The number of carbonyl (C=O) groups is 1. The molecule has 0 aliphatic rings. The fourth-order valence-electron chi connectivity index (χ4n) is 2.01. The van der Waals surface area contributed by atoms with Gasteiger partial charge in [-0.2, -0.15) is 0 Å². The molecule has 0 unspecified atom stereocenters. The van der Waals surface area contributed by atoms with Crippen molar-refractivity contribution in [3.8, 4) is 0 Å². The van der Waals surface area contributed by atoms with Gasteiger partial charge in [-0.1, -0.05) is 19.1 Å². The second-order valence-electron chi connectivity index (χ2n) is 4.65. The molecular formula is C16H21N3O. The maximum atomic E-state index is 12.2. The fourth-order valence-corrected chi connectivity index (χ4v) is 2.01. The lowest BCUT2D eigenvalue weighted by atomic mass is 10.1. The van der Waals surface area contributed by atoms with Crippen molar-refractivity contribution < 1.29 is 4.79 Å². The summed E-state index contributed by atoms with van der Waals surface area (Å²) in [6, 6.07) is 11.6. The molecule has 2 rings (SSSR count). The van der Waals surface area contributed by atoms with E-state index in [2.05, 4.69) is 17.6 Å². The molecule has 0 saturated heterocycles. The summed E-state index contributed by atoms with van der Waals surface area (Å²) in [5.41, 5.74) is 1.60. The van der Waals surface area contributed by atoms with Crippen LogP contribution in [0.2, 0.25) is 0 Å². The van der Waals surface area contributed by atoms with E-state index in [1.165, 1.54) is 0 Å². The zero-order valence-corrected chi connectivity index (χ0v) is 11.8. The molecule has 0 fully saturated rings. The Kier molecular flexibility index (Phi) is 5.24. The minimum absolute atomic E-state index is 0.0311.